The lowest BCUT2D eigenvalue weighted by atomic mass is 10.5. The predicted molar refractivity (Wildman–Crippen MR) is 73.8 cm³/mol. The molecule has 0 unspecified atom stereocenters. The minimum atomic E-state index is 0. The first-order valence-electron chi connectivity index (χ1n) is 4.77. The quantitative estimate of drug-likeness (QED) is 0.639. The summed E-state index contributed by atoms with van der Waals surface area (Å²) in [7, 11) is 4.07. The van der Waals surface area contributed by atoms with Crippen LogP contribution in [-0.4, -0.2) is 9.13 Å². The first-order chi connectivity index (χ1) is 6.61. The molecule has 0 aliphatic heterocycles. The van der Waals surface area contributed by atoms with Gasteiger partial charge in [0, 0.05) is 37.9 Å². The Kier molecular flexibility index (Phi) is 8.27. The fourth-order valence-corrected chi connectivity index (χ4v) is 1.09. The van der Waals surface area contributed by atoms with Gasteiger partial charge in [-0.25, -0.2) is 0 Å². The topological polar surface area (TPSA) is 9.86 Å². The van der Waals surface area contributed by atoms with Crippen LogP contribution in [0.5, 0.6) is 0 Å². The average Bonchev–Trinajstić information content (AvgIpc) is 2.67. The Balaban J connectivity index is 0. The molecule has 0 N–H and O–H groups in total. The molecule has 0 atom stereocenters. The molecule has 2 aromatic heterocycles. The molecule has 2 heteroatoms. The minimum absolute atomic E-state index is 0. The highest BCUT2D eigenvalue weighted by molar-refractivity contribution is 5.03. The van der Waals surface area contributed by atoms with Crippen molar-refractivity contribution in [1.82, 2.24) is 9.13 Å². The molecular weight excluding hydrogens is 196 g/mol. The number of hydrogen-bond donors (Lipinski definition) is 0. The minimum Gasteiger partial charge on any atom is -0.355 e. The zero-order valence-electron chi connectivity index (χ0n) is 9.36. The Morgan fingerprint density at radius 1 is 0.750 bits per heavy atom. The highest BCUT2D eigenvalue weighted by atomic mass is 14.9. The lowest BCUT2D eigenvalue weighted by Crippen LogP contribution is -1.84. The van der Waals surface area contributed by atoms with E-state index in [1.54, 1.807) is 0 Å². The van der Waals surface area contributed by atoms with E-state index in [-0.39, 0.29) is 14.9 Å². The van der Waals surface area contributed by atoms with Crippen LogP contribution >= 0.6 is 0 Å². The molecular formula is C14H26N2. The molecule has 0 aliphatic rings. The van der Waals surface area contributed by atoms with Crippen LogP contribution in [0.15, 0.2) is 36.7 Å². The average molecular weight is 222 g/mol. The van der Waals surface area contributed by atoms with Crippen LogP contribution < -0.4 is 0 Å². The van der Waals surface area contributed by atoms with Crippen molar-refractivity contribution in [1.29, 1.82) is 0 Å². The van der Waals surface area contributed by atoms with Gasteiger partial charge in [0.25, 0.3) is 0 Å². The Morgan fingerprint density at radius 2 is 1.06 bits per heavy atom. The summed E-state index contributed by atoms with van der Waals surface area (Å²) >= 11 is 0. The maximum Gasteiger partial charge on any atom is 0.0140 e. The smallest absolute Gasteiger partial charge is 0.0140 e. The Morgan fingerprint density at radius 3 is 1.12 bits per heavy atom. The predicted octanol–water partition coefficient (Wildman–Crippen LogP) is 3.94. The third-order valence-corrected chi connectivity index (χ3v) is 2.41. The highest BCUT2D eigenvalue weighted by Gasteiger charge is 1.82. The summed E-state index contributed by atoms with van der Waals surface area (Å²) in [5.74, 6) is 0. The summed E-state index contributed by atoms with van der Waals surface area (Å²) in [6.45, 7) is 4.17. The first kappa shape index (κ1) is 17.0. The SMILES string of the molecule is C.C.Cc1cccn1C.Cc1cccn1C. The van der Waals surface area contributed by atoms with E-state index in [1.807, 2.05) is 38.6 Å². The maximum atomic E-state index is 2.08. The van der Waals surface area contributed by atoms with Gasteiger partial charge in [0.05, 0.1) is 0 Å². The van der Waals surface area contributed by atoms with E-state index in [4.69, 9.17) is 0 Å². The molecule has 0 saturated heterocycles. The number of aryl methyl sites for hydroxylation is 4. The molecule has 0 aliphatic carbocycles. The molecule has 0 bridgehead atoms. The Hall–Kier alpha value is -1.44. The molecule has 0 radical (unpaired) electrons. The summed E-state index contributed by atoms with van der Waals surface area (Å²) in [4.78, 5) is 0. The van der Waals surface area contributed by atoms with Gasteiger partial charge in [-0.1, -0.05) is 14.9 Å². The van der Waals surface area contributed by atoms with Gasteiger partial charge in [-0.05, 0) is 38.1 Å². The van der Waals surface area contributed by atoms with Gasteiger partial charge in [0.2, 0.25) is 0 Å². The normalized spacial score (nSPS) is 8.25. The fraction of sp³-hybridized carbons (Fsp3) is 0.429. The third-order valence-electron chi connectivity index (χ3n) is 2.41. The summed E-state index contributed by atoms with van der Waals surface area (Å²) in [5, 5.41) is 0. The van der Waals surface area contributed by atoms with E-state index in [1.165, 1.54) is 11.4 Å². The van der Waals surface area contributed by atoms with E-state index in [9.17, 15) is 0 Å². The maximum absolute atomic E-state index is 2.08. The second kappa shape index (κ2) is 7.80. The van der Waals surface area contributed by atoms with Crippen LogP contribution in [0.4, 0.5) is 0 Å². The van der Waals surface area contributed by atoms with Gasteiger partial charge < -0.3 is 9.13 Å². The fourth-order valence-electron chi connectivity index (χ4n) is 1.09. The molecule has 0 fully saturated rings. The van der Waals surface area contributed by atoms with Crippen molar-refractivity contribution in [3.8, 4) is 0 Å². The summed E-state index contributed by atoms with van der Waals surface area (Å²) in [5.41, 5.74) is 2.61. The number of rotatable bonds is 0. The summed E-state index contributed by atoms with van der Waals surface area (Å²) in [6.07, 6.45) is 4.07. The lowest BCUT2D eigenvalue weighted by molar-refractivity contribution is 0.882. The zero-order chi connectivity index (χ0) is 10.6. The van der Waals surface area contributed by atoms with Gasteiger partial charge in [0.15, 0.2) is 0 Å². The molecule has 0 spiro atoms. The van der Waals surface area contributed by atoms with E-state index in [0.717, 1.165) is 0 Å². The lowest BCUT2D eigenvalue weighted by Gasteiger charge is -1.89. The highest BCUT2D eigenvalue weighted by Crippen LogP contribution is 1.94. The van der Waals surface area contributed by atoms with Gasteiger partial charge in [-0.15, -0.1) is 0 Å². The number of hydrogen-bond acceptors (Lipinski definition) is 0. The zero-order valence-corrected chi connectivity index (χ0v) is 9.36. The van der Waals surface area contributed by atoms with Gasteiger partial charge in [-0.3, -0.25) is 0 Å². The second-order valence-corrected chi connectivity index (χ2v) is 3.52. The summed E-state index contributed by atoms with van der Waals surface area (Å²) < 4.78 is 4.17. The van der Waals surface area contributed by atoms with Crippen molar-refractivity contribution in [2.24, 2.45) is 14.1 Å². The molecule has 92 valence electrons. The van der Waals surface area contributed by atoms with Crippen LogP contribution in [0.3, 0.4) is 0 Å². The van der Waals surface area contributed by atoms with Crippen molar-refractivity contribution >= 4 is 0 Å². The Bertz CT molecular complexity index is 312. The monoisotopic (exact) mass is 222 g/mol. The summed E-state index contributed by atoms with van der Waals surface area (Å²) in [6, 6.07) is 8.24. The largest absolute Gasteiger partial charge is 0.355 e. The first-order valence-corrected chi connectivity index (χ1v) is 4.77. The molecule has 16 heavy (non-hydrogen) atoms. The standard InChI is InChI=1S/2C6H9N.2CH4/c2*1-6-4-3-5-7(6)2;;/h2*3-5H,1-2H3;2*1H4. The molecule has 2 nitrogen and oxygen atoms in total. The van der Waals surface area contributed by atoms with E-state index >= 15 is 0 Å². The molecule has 2 aromatic rings. The van der Waals surface area contributed by atoms with E-state index in [0.29, 0.717) is 0 Å². The number of aromatic nitrogens is 2. The molecule has 0 amide bonds. The van der Waals surface area contributed by atoms with Crippen molar-refractivity contribution in [3.63, 3.8) is 0 Å². The molecule has 2 rings (SSSR count). The van der Waals surface area contributed by atoms with Crippen LogP contribution in [0.1, 0.15) is 26.2 Å². The van der Waals surface area contributed by atoms with Crippen LogP contribution in [0.2, 0.25) is 0 Å². The second-order valence-electron chi connectivity index (χ2n) is 3.52. The van der Waals surface area contributed by atoms with Crippen molar-refractivity contribution in [2.45, 2.75) is 28.7 Å². The number of nitrogens with zero attached hydrogens (tertiary/aromatic N) is 2. The van der Waals surface area contributed by atoms with Crippen molar-refractivity contribution in [2.75, 3.05) is 0 Å². The van der Waals surface area contributed by atoms with Crippen LogP contribution in [-0.2, 0) is 14.1 Å². The molecule has 2 heterocycles. The Labute approximate surface area is 101 Å². The van der Waals surface area contributed by atoms with E-state index in [2.05, 4.69) is 35.1 Å². The third kappa shape index (κ3) is 4.87. The van der Waals surface area contributed by atoms with Crippen molar-refractivity contribution in [3.05, 3.63) is 48.0 Å². The van der Waals surface area contributed by atoms with Gasteiger partial charge >= 0.3 is 0 Å². The molecule has 0 aromatic carbocycles. The van der Waals surface area contributed by atoms with Crippen LogP contribution in [0.25, 0.3) is 0 Å². The van der Waals surface area contributed by atoms with Gasteiger partial charge in [-0.2, -0.15) is 0 Å². The molecule has 0 saturated carbocycles. The van der Waals surface area contributed by atoms with Crippen molar-refractivity contribution < 1.29 is 0 Å². The van der Waals surface area contributed by atoms with E-state index < -0.39 is 0 Å². The van der Waals surface area contributed by atoms with Crippen LogP contribution in [0, 0.1) is 13.8 Å². The van der Waals surface area contributed by atoms with Gasteiger partial charge in [0.1, 0.15) is 0 Å².